The number of nitrogens with zero attached hydrogens (tertiary/aromatic N) is 1. The average Bonchev–Trinajstić information content (AvgIpc) is 3.02. The van der Waals surface area contributed by atoms with Crippen molar-refractivity contribution >= 4 is 23.2 Å². The zero-order valence-corrected chi connectivity index (χ0v) is 13.8. The second-order valence-electron chi connectivity index (χ2n) is 4.63. The maximum atomic E-state index is 11.7. The Balaban J connectivity index is 1.94. The lowest BCUT2D eigenvalue weighted by Crippen LogP contribution is -2.31. The van der Waals surface area contributed by atoms with E-state index in [9.17, 15) is 9.59 Å². The Hall–Kier alpha value is -2.41. The van der Waals surface area contributed by atoms with Crippen LogP contribution < -0.4 is 10.1 Å². The molecule has 0 unspecified atom stereocenters. The molecule has 0 aliphatic carbocycles. The van der Waals surface area contributed by atoms with Gasteiger partial charge in [-0.2, -0.15) is 0 Å². The normalized spacial score (nSPS) is 10.2. The van der Waals surface area contributed by atoms with E-state index in [0.29, 0.717) is 12.3 Å². The number of rotatable bonds is 7. The SMILES string of the molecule is CCOc1ccc(-c2nc(CC(=O)NCC(=O)OC)cs2)cc1. The van der Waals surface area contributed by atoms with Crippen molar-refractivity contribution in [1.82, 2.24) is 10.3 Å². The summed E-state index contributed by atoms with van der Waals surface area (Å²) in [6.45, 7) is 2.43. The van der Waals surface area contributed by atoms with Crippen LogP contribution in [-0.2, 0) is 20.7 Å². The molecule has 2 rings (SSSR count). The fourth-order valence-corrected chi connectivity index (χ4v) is 2.68. The molecule has 2 aromatic rings. The van der Waals surface area contributed by atoms with Gasteiger partial charge in [0.25, 0.3) is 0 Å². The van der Waals surface area contributed by atoms with Gasteiger partial charge in [-0.3, -0.25) is 9.59 Å². The number of carbonyl (C=O) groups is 2. The Morgan fingerprint density at radius 2 is 2.00 bits per heavy atom. The van der Waals surface area contributed by atoms with Crippen molar-refractivity contribution in [3.8, 4) is 16.3 Å². The largest absolute Gasteiger partial charge is 0.494 e. The van der Waals surface area contributed by atoms with Crippen LogP contribution in [0.15, 0.2) is 29.6 Å². The fraction of sp³-hybridized carbons (Fsp3) is 0.312. The minimum atomic E-state index is -0.480. The zero-order valence-electron chi connectivity index (χ0n) is 13.0. The maximum Gasteiger partial charge on any atom is 0.325 e. The molecule has 0 aliphatic heterocycles. The molecule has 0 saturated heterocycles. The van der Waals surface area contributed by atoms with Crippen molar-refractivity contribution in [2.75, 3.05) is 20.3 Å². The number of esters is 1. The van der Waals surface area contributed by atoms with E-state index in [1.54, 1.807) is 0 Å². The first kappa shape index (κ1) is 17.0. The molecule has 1 aromatic carbocycles. The molecule has 1 amide bonds. The van der Waals surface area contributed by atoms with E-state index in [0.717, 1.165) is 16.3 Å². The molecule has 0 bridgehead atoms. The molecule has 0 fully saturated rings. The van der Waals surface area contributed by atoms with Crippen LogP contribution in [0.4, 0.5) is 0 Å². The first-order valence-electron chi connectivity index (χ1n) is 7.13. The molecule has 6 nitrogen and oxygen atoms in total. The number of hydrogen-bond donors (Lipinski definition) is 1. The molecule has 7 heteroatoms. The van der Waals surface area contributed by atoms with Crippen molar-refractivity contribution in [3.05, 3.63) is 35.3 Å². The monoisotopic (exact) mass is 334 g/mol. The quantitative estimate of drug-likeness (QED) is 0.784. The van der Waals surface area contributed by atoms with Crippen molar-refractivity contribution in [2.45, 2.75) is 13.3 Å². The van der Waals surface area contributed by atoms with Gasteiger partial charge in [0.1, 0.15) is 17.3 Å². The topological polar surface area (TPSA) is 77.5 Å². The minimum Gasteiger partial charge on any atom is -0.494 e. The Kier molecular flexibility index (Phi) is 6.10. The third-order valence-electron chi connectivity index (χ3n) is 2.96. The number of hydrogen-bond acceptors (Lipinski definition) is 6. The van der Waals surface area contributed by atoms with E-state index in [2.05, 4.69) is 15.0 Å². The van der Waals surface area contributed by atoms with Gasteiger partial charge in [0.05, 0.1) is 25.8 Å². The molecule has 1 N–H and O–H groups in total. The summed E-state index contributed by atoms with van der Waals surface area (Å²) < 4.78 is 9.86. The van der Waals surface area contributed by atoms with E-state index in [4.69, 9.17) is 4.74 Å². The summed E-state index contributed by atoms with van der Waals surface area (Å²) in [4.78, 5) is 27.1. The summed E-state index contributed by atoms with van der Waals surface area (Å²) in [5.74, 6) is 0.0702. The number of thiazole rings is 1. The van der Waals surface area contributed by atoms with Gasteiger partial charge in [0, 0.05) is 10.9 Å². The highest BCUT2D eigenvalue weighted by Crippen LogP contribution is 2.25. The van der Waals surface area contributed by atoms with Crippen molar-refractivity contribution < 1.29 is 19.1 Å². The van der Waals surface area contributed by atoms with Crippen molar-refractivity contribution in [2.24, 2.45) is 0 Å². The van der Waals surface area contributed by atoms with E-state index >= 15 is 0 Å². The molecular weight excluding hydrogens is 316 g/mol. The number of amides is 1. The highest BCUT2D eigenvalue weighted by atomic mass is 32.1. The van der Waals surface area contributed by atoms with Gasteiger partial charge in [-0.25, -0.2) is 4.98 Å². The molecule has 0 aliphatic rings. The van der Waals surface area contributed by atoms with E-state index in [1.807, 2.05) is 36.6 Å². The van der Waals surface area contributed by atoms with Gasteiger partial charge in [-0.05, 0) is 31.2 Å². The summed E-state index contributed by atoms with van der Waals surface area (Å²) in [7, 11) is 1.28. The first-order chi connectivity index (χ1) is 11.1. The second kappa shape index (κ2) is 8.28. The molecule has 0 saturated carbocycles. The van der Waals surface area contributed by atoms with Gasteiger partial charge in [0.15, 0.2) is 0 Å². The van der Waals surface area contributed by atoms with Crippen LogP contribution >= 0.6 is 11.3 Å². The van der Waals surface area contributed by atoms with Crippen LogP contribution in [0.3, 0.4) is 0 Å². The lowest BCUT2D eigenvalue weighted by Gasteiger charge is -2.03. The minimum absolute atomic E-state index is 0.129. The van der Waals surface area contributed by atoms with E-state index in [-0.39, 0.29) is 18.9 Å². The van der Waals surface area contributed by atoms with E-state index < -0.39 is 5.97 Å². The van der Waals surface area contributed by atoms with Crippen LogP contribution in [-0.4, -0.2) is 37.1 Å². The predicted octanol–water partition coefficient (Wildman–Crippen LogP) is 2.04. The Labute approximate surface area is 138 Å². The summed E-state index contributed by atoms with van der Waals surface area (Å²) in [6.07, 6.45) is 0.129. The van der Waals surface area contributed by atoms with Crippen LogP contribution in [0.2, 0.25) is 0 Å². The first-order valence-corrected chi connectivity index (χ1v) is 8.01. The Bertz CT molecular complexity index is 667. The van der Waals surface area contributed by atoms with Crippen molar-refractivity contribution in [3.63, 3.8) is 0 Å². The smallest absolute Gasteiger partial charge is 0.325 e. The summed E-state index contributed by atoms with van der Waals surface area (Å²) in [5.41, 5.74) is 1.64. The lowest BCUT2D eigenvalue weighted by atomic mass is 10.2. The van der Waals surface area contributed by atoms with Gasteiger partial charge < -0.3 is 14.8 Å². The highest BCUT2D eigenvalue weighted by molar-refractivity contribution is 7.13. The molecule has 0 atom stereocenters. The molecule has 0 spiro atoms. The number of aromatic nitrogens is 1. The van der Waals surface area contributed by atoms with Crippen molar-refractivity contribution in [1.29, 1.82) is 0 Å². The third kappa shape index (κ3) is 5.07. The molecule has 1 heterocycles. The molecule has 122 valence electrons. The zero-order chi connectivity index (χ0) is 16.7. The molecular formula is C16H18N2O4S. The summed E-state index contributed by atoms with van der Waals surface area (Å²) in [6, 6.07) is 7.65. The number of benzene rings is 1. The number of methoxy groups -OCH3 is 1. The van der Waals surface area contributed by atoms with Crippen LogP contribution in [0.1, 0.15) is 12.6 Å². The summed E-state index contributed by atoms with van der Waals surface area (Å²) in [5, 5.41) is 5.16. The number of ether oxygens (including phenoxy) is 2. The van der Waals surface area contributed by atoms with Gasteiger partial charge >= 0.3 is 5.97 Å². The predicted molar refractivity (Wildman–Crippen MR) is 87.4 cm³/mol. The maximum absolute atomic E-state index is 11.7. The average molecular weight is 334 g/mol. The standard InChI is InChI=1S/C16H18N2O4S/c1-3-22-13-6-4-11(5-7-13)16-18-12(10-23-16)8-14(19)17-9-15(20)21-2/h4-7,10H,3,8-9H2,1-2H3,(H,17,19). The van der Waals surface area contributed by atoms with Gasteiger partial charge in [0.2, 0.25) is 5.91 Å². The Morgan fingerprint density at radius 1 is 1.26 bits per heavy atom. The number of nitrogens with one attached hydrogen (secondary N) is 1. The van der Waals surface area contributed by atoms with E-state index in [1.165, 1.54) is 18.4 Å². The van der Waals surface area contributed by atoms with Gasteiger partial charge in [-0.1, -0.05) is 0 Å². The molecule has 0 radical (unpaired) electrons. The third-order valence-corrected chi connectivity index (χ3v) is 3.90. The fourth-order valence-electron chi connectivity index (χ4n) is 1.85. The summed E-state index contributed by atoms with van der Waals surface area (Å²) >= 11 is 1.47. The second-order valence-corrected chi connectivity index (χ2v) is 5.49. The lowest BCUT2D eigenvalue weighted by molar-refractivity contribution is -0.141. The van der Waals surface area contributed by atoms with Crippen LogP contribution in [0.25, 0.3) is 10.6 Å². The molecule has 23 heavy (non-hydrogen) atoms. The van der Waals surface area contributed by atoms with Crippen LogP contribution in [0, 0.1) is 0 Å². The van der Waals surface area contributed by atoms with Gasteiger partial charge in [-0.15, -0.1) is 11.3 Å². The number of carbonyl (C=O) groups excluding carboxylic acids is 2. The molecule has 1 aromatic heterocycles. The van der Waals surface area contributed by atoms with Crippen LogP contribution in [0.5, 0.6) is 5.75 Å². The Morgan fingerprint density at radius 3 is 2.65 bits per heavy atom. The highest BCUT2D eigenvalue weighted by Gasteiger charge is 2.10.